The maximum Gasteiger partial charge on any atom is 0.290 e. The summed E-state index contributed by atoms with van der Waals surface area (Å²) in [6.45, 7) is 4.09. The van der Waals surface area contributed by atoms with Crippen molar-refractivity contribution in [2.75, 3.05) is 5.32 Å². The number of carbonyl (C=O) groups excluding carboxylic acids is 1. The molecule has 0 aliphatic carbocycles. The van der Waals surface area contributed by atoms with Crippen molar-refractivity contribution in [2.45, 2.75) is 25.3 Å². The lowest BCUT2D eigenvalue weighted by molar-refractivity contribution is -2.00. The Morgan fingerprint density at radius 3 is 1.97 bits per heavy atom. The fraction of sp³-hybridized carbons (Fsp3) is 0.143. The number of nitrogens with one attached hydrogen (secondary N) is 1. The Balaban J connectivity index is 0.000000739. The highest BCUT2D eigenvalue weighted by atomic mass is 127. The van der Waals surface area contributed by atoms with Crippen molar-refractivity contribution in [1.29, 1.82) is 0 Å². The molecule has 1 amide bonds. The van der Waals surface area contributed by atoms with Crippen LogP contribution in [0.3, 0.4) is 0 Å². The van der Waals surface area contributed by atoms with Crippen molar-refractivity contribution >= 4 is 44.2 Å². The van der Waals surface area contributed by atoms with Crippen molar-refractivity contribution in [1.82, 2.24) is 0 Å². The van der Waals surface area contributed by atoms with Gasteiger partial charge in [0.15, 0.2) is 11.4 Å². The zero-order chi connectivity index (χ0) is 25.7. The first-order valence-corrected chi connectivity index (χ1v) is 13.3. The van der Waals surface area contributed by atoms with Crippen LogP contribution in [0.4, 0.5) is 5.69 Å². The minimum absolute atomic E-state index is 0.0115. The van der Waals surface area contributed by atoms with E-state index >= 15 is 0 Å². The van der Waals surface area contributed by atoms with Crippen molar-refractivity contribution in [3.63, 3.8) is 0 Å². The van der Waals surface area contributed by atoms with E-state index in [4.69, 9.17) is 23.8 Å². The lowest BCUT2D eigenvalue weighted by Crippen LogP contribution is -2.68. The SMILES string of the molecule is Cc1cc(-c2ccccc2)cc(C)[n+]1CC(=O)Nc1ccc(S(N)(=O)=O)cc1I.[O-][Cl+3]([O-])([O-])[O-]. The Kier molecular flexibility index (Phi) is 9.50. The van der Waals surface area contributed by atoms with Crippen LogP contribution < -0.4 is 33.7 Å². The van der Waals surface area contributed by atoms with E-state index in [1.165, 1.54) is 12.1 Å². The number of nitrogens with zero attached hydrogens (tertiary/aromatic N) is 1. The van der Waals surface area contributed by atoms with Gasteiger partial charge in [-0.3, -0.25) is 4.79 Å². The molecule has 0 spiro atoms. The predicted molar refractivity (Wildman–Crippen MR) is 121 cm³/mol. The molecule has 0 radical (unpaired) electrons. The molecular formula is C21H21ClIN3O7S. The quantitative estimate of drug-likeness (QED) is 0.254. The molecule has 0 unspecified atom stereocenters. The van der Waals surface area contributed by atoms with E-state index in [0.717, 1.165) is 22.5 Å². The molecule has 3 N–H and O–H groups in total. The van der Waals surface area contributed by atoms with Crippen LogP contribution in [0, 0.1) is 27.7 Å². The average molecular weight is 622 g/mol. The number of hydrogen-bond acceptors (Lipinski definition) is 7. The van der Waals surface area contributed by atoms with E-state index in [2.05, 4.69) is 29.6 Å². The zero-order valence-corrected chi connectivity index (χ0v) is 21.8. The maximum absolute atomic E-state index is 12.6. The lowest BCUT2D eigenvalue weighted by Gasteiger charge is -2.17. The van der Waals surface area contributed by atoms with Gasteiger partial charge in [-0.15, -0.1) is 10.2 Å². The predicted octanol–water partition coefficient (Wildman–Crippen LogP) is -1.61. The Labute approximate surface area is 212 Å². The first kappa shape index (κ1) is 28.1. The van der Waals surface area contributed by atoms with Gasteiger partial charge in [0, 0.05) is 29.6 Å². The molecule has 3 aromatic rings. The average Bonchev–Trinajstić information content (AvgIpc) is 2.71. The fourth-order valence-corrected chi connectivity index (χ4v) is 4.48. The molecule has 0 saturated carbocycles. The number of aromatic nitrogens is 1. The molecule has 0 fully saturated rings. The zero-order valence-electron chi connectivity index (χ0n) is 18.0. The number of hydrogen-bond donors (Lipinski definition) is 2. The highest BCUT2D eigenvalue weighted by Gasteiger charge is 2.19. The second-order valence-corrected chi connectivity index (χ2v) is 10.6. The Morgan fingerprint density at radius 1 is 0.971 bits per heavy atom. The van der Waals surface area contributed by atoms with Crippen LogP contribution in [-0.4, -0.2) is 14.3 Å². The van der Waals surface area contributed by atoms with Gasteiger partial charge in [0.25, 0.3) is 5.91 Å². The Bertz CT molecular complexity index is 1250. The van der Waals surface area contributed by atoms with Crippen molar-refractivity contribution in [3.8, 4) is 11.1 Å². The number of amides is 1. The van der Waals surface area contributed by atoms with Gasteiger partial charge in [-0.25, -0.2) is 32.2 Å². The summed E-state index contributed by atoms with van der Waals surface area (Å²) in [7, 11) is -8.72. The monoisotopic (exact) mass is 621 g/mol. The molecule has 0 aliphatic heterocycles. The van der Waals surface area contributed by atoms with E-state index in [0.29, 0.717) is 9.26 Å². The van der Waals surface area contributed by atoms with Gasteiger partial charge in [0.1, 0.15) is 0 Å². The molecule has 182 valence electrons. The van der Waals surface area contributed by atoms with Gasteiger partial charge >= 0.3 is 0 Å². The molecule has 10 nitrogen and oxygen atoms in total. The number of pyridine rings is 1. The second kappa shape index (κ2) is 11.5. The number of anilines is 1. The summed E-state index contributed by atoms with van der Waals surface area (Å²) >= 11 is 1.97. The number of benzene rings is 2. The number of carbonyl (C=O) groups is 1. The molecule has 1 heterocycles. The molecule has 0 aliphatic rings. The summed E-state index contributed by atoms with van der Waals surface area (Å²) in [5.41, 5.74) is 4.71. The van der Waals surface area contributed by atoms with Crippen LogP contribution in [0.2, 0.25) is 0 Å². The van der Waals surface area contributed by atoms with Crippen LogP contribution in [0.25, 0.3) is 11.1 Å². The van der Waals surface area contributed by atoms with E-state index in [1.807, 2.05) is 59.2 Å². The molecule has 1 aromatic heterocycles. The van der Waals surface area contributed by atoms with Gasteiger partial charge in [0.2, 0.25) is 16.6 Å². The fourth-order valence-electron chi connectivity index (χ4n) is 3.08. The molecule has 13 heteroatoms. The molecule has 0 atom stereocenters. The summed E-state index contributed by atoms with van der Waals surface area (Å²) < 4.78 is 59.4. The standard InChI is InChI=1S/C21H20IN3O3S.ClHO4/c1-14-10-17(16-6-4-3-5-7-16)11-15(2)25(14)13-21(26)24-20-9-8-18(12-19(20)22)29(23,27)28;2-1(3,4)5/h3-12H,13H2,1-2H3,(H2-,23,24,26,27,28);(H,2,3,4,5). The van der Waals surface area contributed by atoms with Gasteiger partial charge in [-0.1, -0.05) is 30.3 Å². The number of nitrogens with two attached hydrogens (primary N) is 1. The highest BCUT2D eigenvalue weighted by Crippen LogP contribution is 2.22. The second-order valence-electron chi connectivity index (χ2n) is 7.09. The lowest BCUT2D eigenvalue weighted by atomic mass is 10.0. The third-order valence-corrected chi connectivity index (χ3v) is 6.34. The first-order chi connectivity index (χ1) is 15.6. The number of aryl methyl sites for hydroxylation is 2. The number of primary sulfonamides is 1. The molecule has 34 heavy (non-hydrogen) atoms. The topological polar surface area (TPSA) is 185 Å². The van der Waals surface area contributed by atoms with Crippen LogP contribution in [0.15, 0.2) is 65.6 Å². The van der Waals surface area contributed by atoms with Gasteiger partial charge in [-0.05, 0) is 51.9 Å². The van der Waals surface area contributed by atoms with Crippen molar-refractivity contribution < 1.29 is 46.7 Å². The van der Waals surface area contributed by atoms with Gasteiger partial charge < -0.3 is 5.32 Å². The van der Waals surface area contributed by atoms with E-state index in [1.54, 1.807) is 6.07 Å². The number of halogens is 2. The minimum atomic E-state index is -4.94. The maximum atomic E-state index is 12.6. The third kappa shape index (κ3) is 8.88. The van der Waals surface area contributed by atoms with Gasteiger partial charge in [0.05, 0.1) is 10.6 Å². The highest BCUT2D eigenvalue weighted by molar-refractivity contribution is 14.1. The van der Waals surface area contributed by atoms with Crippen LogP contribution >= 0.6 is 22.6 Å². The summed E-state index contributed by atoms with van der Waals surface area (Å²) in [6.07, 6.45) is 0. The molecule has 0 saturated heterocycles. The Morgan fingerprint density at radius 2 is 1.50 bits per heavy atom. The molecule has 0 bridgehead atoms. The van der Waals surface area contributed by atoms with Crippen LogP contribution in [0.5, 0.6) is 0 Å². The summed E-state index contributed by atoms with van der Waals surface area (Å²) in [4.78, 5) is 12.6. The van der Waals surface area contributed by atoms with Crippen molar-refractivity contribution in [2.24, 2.45) is 5.14 Å². The van der Waals surface area contributed by atoms with E-state index in [9.17, 15) is 13.2 Å². The smallest absolute Gasteiger partial charge is 0.290 e. The molecule has 3 rings (SSSR count). The third-order valence-electron chi connectivity index (χ3n) is 4.53. The molecule has 2 aromatic carbocycles. The largest absolute Gasteiger partial charge is 0.320 e. The minimum Gasteiger partial charge on any atom is -0.320 e. The number of rotatable bonds is 5. The Hall–Kier alpha value is -2.17. The van der Waals surface area contributed by atoms with Crippen molar-refractivity contribution in [3.05, 3.63) is 75.6 Å². The van der Waals surface area contributed by atoms with Gasteiger partial charge in [-0.2, -0.15) is 4.57 Å². The van der Waals surface area contributed by atoms with Crippen LogP contribution in [0.1, 0.15) is 11.4 Å². The van der Waals surface area contributed by atoms with E-state index in [-0.39, 0.29) is 17.3 Å². The molecular weight excluding hydrogens is 601 g/mol. The number of sulfonamides is 1. The normalized spacial score (nSPS) is 11.4. The van der Waals surface area contributed by atoms with E-state index < -0.39 is 20.3 Å². The first-order valence-electron chi connectivity index (χ1n) is 9.45. The van der Waals surface area contributed by atoms with Crippen LogP contribution in [-0.2, 0) is 21.4 Å². The summed E-state index contributed by atoms with van der Waals surface area (Å²) in [5.74, 6) is -0.199. The summed E-state index contributed by atoms with van der Waals surface area (Å²) in [5, 5.41) is 7.98. The summed E-state index contributed by atoms with van der Waals surface area (Å²) in [6, 6.07) is 18.6.